The second kappa shape index (κ2) is 17.1. The Bertz CT molecular complexity index is 1820. The van der Waals surface area contributed by atoms with E-state index in [0.29, 0.717) is 32.1 Å². The minimum atomic E-state index is -1.01. The molecule has 13 heteroatoms. The van der Waals surface area contributed by atoms with Crippen LogP contribution in [0.1, 0.15) is 188 Å². The molecule has 6 aliphatic rings. The SMILES string of the molecule is CCC(C)[C@H](NC(=O)OC(C)(C)C)C(=O)O[C@H]1CCC23CC24CC[C@]2(C)[C@@H]([C@@]5(C)CC[C@@H](C(C)(C)O)O5)[C@@H](O)C[C@@]2(C)C4C[C@H](OC(=O)C(NC(=O)OC(C)(C)C)[C@@H](C)CC)[C@H]3C1(C)C. The molecule has 6 fully saturated rings. The van der Waals surface area contributed by atoms with E-state index in [4.69, 9.17) is 23.7 Å². The minimum Gasteiger partial charge on any atom is -0.460 e. The molecule has 1 aliphatic heterocycles. The molecule has 0 bridgehead atoms. The molecule has 65 heavy (non-hydrogen) atoms. The average molecular weight is 917 g/mol. The highest BCUT2D eigenvalue weighted by atomic mass is 16.6. The molecule has 5 aliphatic carbocycles. The maximum Gasteiger partial charge on any atom is 0.408 e. The molecule has 5 unspecified atom stereocenters. The monoisotopic (exact) mass is 917 g/mol. The molecule has 6 rings (SSSR count). The van der Waals surface area contributed by atoms with Crippen molar-refractivity contribution in [3.63, 3.8) is 0 Å². The number of aliphatic hydroxyl groups is 2. The zero-order valence-corrected chi connectivity index (χ0v) is 43.2. The van der Waals surface area contributed by atoms with Crippen LogP contribution >= 0.6 is 0 Å². The number of carbonyl (C=O) groups is 4. The Kier molecular flexibility index (Phi) is 13.6. The second-order valence-electron chi connectivity index (χ2n) is 25.7. The first-order valence-electron chi connectivity index (χ1n) is 25.1. The van der Waals surface area contributed by atoms with Gasteiger partial charge in [0.05, 0.1) is 23.4 Å². The van der Waals surface area contributed by atoms with Gasteiger partial charge in [0.1, 0.15) is 35.5 Å². The van der Waals surface area contributed by atoms with Gasteiger partial charge in [0, 0.05) is 17.3 Å². The number of alkyl carbamates (subject to hydrolysis) is 2. The number of aliphatic hydroxyl groups excluding tert-OH is 1. The lowest BCUT2D eigenvalue weighted by Crippen LogP contribution is -2.63. The summed E-state index contributed by atoms with van der Waals surface area (Å²) < 4.78 is 31.5. The predicted molar refractivity (Wildman–Crippen MR) is 247 cm³/mol. The van der Waals surface area contributed by atoms with Gasteiger partial charge in [-0.3, -0.25) is 0 Å². The maximum atomic E-state index is 14.8. The first kappa shape index (κ1) is 51.7. The van der Waals surface area contributed by atoms with Crippen molar-refractivity contribution in [1.29, 1.82) is 0 Å². The standard InChI is InChI=1S/C52H88N2O11/c1-18-29(3)36(53-42(58)64-44(5,6)7)40(56)61-32-26-33-49(16)27-31(55)38(50(17)22-20-35(63-50)47(13,14)60)48(49,15)24-25-51(33)28-52(51)23-21-34(46(11,12)39(32)52)62-41(57)37(30(4)19-2)54-43(59)65-45(8,9)10/h29-39,55,60H,18-28H2,1-17H3,(H,53,58)(H,54,59)/t29-,30?,31-,32-,33?,34-,35-,36?,37-,38-,39-,48+,49-,50+,51?,52?/m0/s1. The van der Waals surface area contributed by atoms with Crippen molar-refractivity contribution in [2.45, 2.75) is 247 Å². The van der Waals surface area contributed by atoms with Crippen LogP contribution in [0.3, 0.4) is 0 Å². The highest BCUT2D eigenvalue weighted by Crippen LogP contribution is 2.89. The van der Waals surface area contributed by atoms with Crippen molar-refractivity contribution < 1.29 is 53.1 Å². The molecule has 0 aromatic rings. The number of ether oxygens (including phenoxy) is 5. The highest BCUT2D eigenvalue weighted by Gasteiger charge is 2.85. The number of esters is 2. The Balaban J connectivity index is 1.37. The van der Waals surface area contributed by atoms with Gasteiger partial charge >= 0.3 is 24.1 Å². The number of fused-ring (bicyclic) bond motifs is 2. The number of nitrogens with one attached hydrogen (secondary N) is 2. The van der Waals surface area contributed by atoms with E-state index in [2.05, 4.69) is 45.3 Å². The van der Waals surface area contributed by atoms with E-state index in [9.17, 15) is 29.4 Å². The van der Waals surface area contributed by atoms with Gasteiger partial charge in [-0.15, -0.1) is 0 Å². The summed E-state index contributed by atoms with van der Waals surface area (Å²) in [5.74, 6) is -1.75. The van der Waals surface area contributed by atoms with Crippen LogP contribution in [0.4, 0.5) is 9.59 Å². The van der Waals surface area contributed by atoms with Crippen LogP contribution in [0.5, 0.6) is 0 Å². The lowest BCUT2D eigenvalue weighted by Gasteiger charge is -2.64. The Labute approximate surface area is 390 Å². The summed E-state index contributed by atoms with van der Waals surface area (Å²) in [6.07, 6.45) is 4.64. The third kappa shape index (κ3) is 9.07. The molecule has 0 aromatic carbocycles. The Morgan fingerprint density at radius 3 is 1.71 bits per heavy atom. The zero-order valence-electron chi connectivity index (χ0n) is 43.2. The first-order chi connectivity index (χ1) is 29.6. The van der Waals surface area contributed by atoms with Crippen LogP contribution in [0, 0.1) is 56.7 Å². The fraction of sp³-hybridized carbons (Fsp3) is 0.923. The topological polar surface area (TPSA) is 179 Å². The second-order valence-corrected chi connectivity index (χ2v) is 25.7. The molecule has 2 spiro atoms. The molecule has 1 saturated heterocycles. The molecule has 2 amide bonds. The molecule has 5 saturated carbocycles. The van der Waals surface area contributed by atoms with Crippen molar-refractivity contribution in [3.05, 3.63) is 0 Å². The molecular weight excluding hydrogens is 829 g/mol. The van der Waals surface area contributed by atoms with Crippen molar-refractivity contribution in [2.24, 2.45) is 56.7 Å². The van der Waals surface area contributed by atoms with Gasteiger partial charge in [-0.05, 0) is 160 Å². The minimum absolute atomic E-state index is 0.0782. The molecule has 4 N–H and O–H groups in total. The number of carbonyl (C=O) groups excluding carboxylic acids is 4. The molecular formula is C52H88N2O11. The van der Waals surface area contributed by atoms with Gasteiger partial charge in [0.25, 0.3) is 0 Å². The molecule has 372 valence electrons. The lowest BCUT2D eigenvalue weighted by molar-refractivity contribution is -0.226. The van der Waals surface area contributed by atoms with E-state index < -0.39 is 82.3 Å². The van der Waals surface area contributed by atoms with E-state index in [0.717, 1.165) is 38.5 Å². The molecule has 0 radical (unpaired) electrons. The Hall–Kier alpha value is -2.64. The normalized spacial score (nSPS) is 40.3. The van der Waals surface area contributed by atoms with Crippen LogP contribution in [0.2, 0.25) is 0 Å². The fourth-order valence-electron chi connectivity index (χ4n) is 15.1. The van der Waals surface area contributed by atoms with Crippen molar-refractivity contribution in [2.75, 3.05) is 0 Å². The molecule has 16 atom stereocenters. The Morgan fingerprint density at radius 2 is 1.23 bits per heavy atom. The third-order valence-electron chi connectivity index (χ3n) is 18.5. The van der Waals surface area contributed by atoms with Gasteiger partial charge < -0.3 is 44.5 Å². The summed E-state index contributed by atoms with van der Waals surface area (Å²) in [5.41, 5.74) is -4.78. The van der Waals surface area contributed by atoms with E-state index >= 15 is 0 Å². The number of rotatable bonds is 12. The summed E-state index contributed by atoms with van der Waals surface area (Å²) in [4.78, 5) is 55.5. The van der Waals surface area contributed by atoms with Crippen molar-refractivity contribution in [3.8, 4) is 0 Å². The van der Waals surface area contributed by atoms with Gasteiger partial charge in [-0.2, -0.15) is 0 Å². The van der Waals surface area contributed by atoms with Crippen LogP contribution in [0.15, 0.2) is 0 Å². The quantitative estimate of drug-likeness (QED) is 0.108. The first-order valence-corrected chi connectivity index (χ1v) is 25.1. The summed E-state index contributed by atoms with van der Waals surface area (Å²) in [7, 11) is 0. The van der Waals surface area contributed by atoms with Crippen LogP contribution < -0.4 is 10.6 Å². The molecule has 13 nitrogen and oxygen atoms in total. The number of hydrogen-bond acceptors (Lipinski definition) is 11. The Morgan fingerprint density at radius 1 is 0.708 bits per heavy atom. The largest absolute Gasteiger partial charge is 0.460 e. The average Bonchev–Trinajstić information content (AvgIpc) is 3.52. The lowest BCUT2D eigenvalue weighted by atomic mass is 9.41. The summed E-state index contributed by atoms with van der Waals surface area (Å²) in [6, 6.07) is -1.88. The van der Waals surface area contributed by atoms with Crippen LogP contribution in [-0.4, -0.2) is 93.2 Å². The predicted octanol–water partition coefficient (Wildman–Crippen LogP) is 9.42. The summed E-state index contributed by atoms with van der Waals surface area (Å²) >= 11 is 0. The van der Waals surface area contributed by atoms with E-state index in [1.807, 2.05) is 27.7 Å². The third-order valence-corrected chi connectivity index (χ3v) is 18.5. The smallest absolute Gasteiger partial charge is 0.408 e. The maximum absolute atomic E-state index is 14.8. The summed E-state index contributed by atoms with van der Waals surface area (Å²) in [5, 5.41) is 29.1. The van der Waals surface area contributed by atoms with Gasteiger partial charge in [0.2, 0.25) is 0 Å². The summed E-state index contributed by atoms with van der Waals surface area (Å²) in [6.45, 7) is 33.3. The van der Waals surface area contributed by atoms with Gasteiger partial charge in [-0.25, -0.2) is 19.2 Å². The fourth-order valence-corrected chi connectivity index (χ4v) is 15.1. The van der Waals surface area contributed by atoms with Crippen LogP contribution in [0.25, 0.3) is 0 Å². The zero-order chi connectivity index (χ0) is 48.9. The van der Waals surface area contributed by atoms with E-state index in [1.165, 1.54) is 0 Å². The number of hydrogen-bond donors (Lipinski definition) is 4. The van der Waals surface area contributed by atoms with Crippen molar-refractivity contribution >= 4 is 24.1 Å². The van der Waals surface area contributed by atoms with Crippen molar-refractivity contribution in [1.82, 2.24) is 10.6 Å². The van der Waals surface area contributed by atoms with Gasteiger partial charge in [0.15, 0.2) is 0 Å². The molecule has 1 heterocycles. The van der Waals surface area contributed by atoms with Crippen LogP contribution in [-0.2, 0) is 33.3 Å². The van der Waals surface area contributed by atoms with Gasteiger partial charge in [-0.1, -0.05) is 68.2 Å². The van der Waals surface area contributed by atoms with E-state index in [1.54, 1.807) is 55.4 Å². The van der Waals surface area contributed by atoms with E-state index in [-0.39, 0.29) is 57.4 Å². The highest BCUT2D eigenvalue weighted by molar-refractivity contribution is 5.82. The number of amides is 2. The molecule has 0 aromatic heterocycles.